The highest BCUT2D eigenvalue weighted by atomic mass is 35.5. The molecule has 2 N–H and O–H groups in total. The Morgan fingerprint density at radius 2 is 1.96 bits per heavy atom. The van der Waals surface area contributed by atoms with Crippen molar-refractivity contribution in [3.63, 3.8) is 0 Å². The van der Waals surface area contributed by atoms with Crippen LogP contribution in [-0.4, -0.2) is 31.3 Å². The Balaban J connectivity index is 1.73. The first-order valence-electron chi connectivity index (χ1n) is 7.56. The zero-order chi connectivity index (χ0) is 17.4. The van der Waals surface area contributed by atoms with Crippen molar-refractivity contribution in [3.05, 3.63) is 59.1 Å². The van der Waals surface area contributed by atoms with Crippen LogP contribution < -0.4 is 14.8 Å². The van der Waals surface area contributed by atoms with Crippen LogP contribution in [0, 0.1) is 0 Å². The molecule has 6 heteroatoms. The van der Waals surface area contributed by atoms with Crippen LogP contribution in [0.2, 0.25) is 5.02 Å². The van der Waals surface area contributed by atoms with E-state index in [0.717, 1.165) is 5.56 Å². The van der Waals surface area contributed by atoms with Gasteiger partial charge in [0.2, 0.25) is 0 Å². The van der Waals surface area contributed by atoms with E-state index in [1.165, 1.54) is 0 Å². The fourth-order valence-electron chi connectivity index (χ4n) is 2.16. The predicted molar refractivity (Wildman–Crippen MR) is 92.5 cm³/mol. The van der Waals surface area contributed by atoms with E-state index in [2.05, 4.69) is 5.32 Å². The maximum absolute atomic E-state index is 11.8. The van der Waals surface area contributed by atoms with Crippen molar-refractivity contribution in [1.29, 1.82) is 0 Å². The van der Waals surface area contributed by atoms with Gasteiger partial charge in [0.15, 0.2) is 18.1 Å². The topological polar surface area (TPSA) is 67.8 Å². The van der Waals surface area contributed by atoms with E-state index < -0.39 is 6.10 Å². The van der Waals surface area contributed by atoms with Crippen LogP contribution in [0.15, 0.2) is 48.5 Å². The first kappa shape index (κ1) is 18.1. The van der Waals surface area contributed by atoms with E-state index in [-0.39, 0.29) is 12.5 Å². The first-order valence-corrected chi connectivity index (χ1v) is 7.94. The van der Waals surface area contributed by atoms with Gasteiger partial charge in [-0.3, -0.25) is 4.79 Å². The Kier molecular flexibility index (Phi) is 6.90. The van der Waals surface area contributed by atoms with Gasteiger partial charge in [0.1, 0.15) is 0 Å². The monoisotopic (exact) mass is 349 g/mol. The number of rotatable bonds is 8. The van der Waals surface area contributed by atoms with Crippen LogP contribution in [0.5, 0.6) is 11.5 Å². The van der Waals surface area contributed by atoms with Gasteiger partial charge in [0, 0.05) is 11.6 Å². The Morgan fingerprint density at radius 1 is 1.21 bits per heavy atom. The minimum Gasteiger partial charge on any atom is -0.493 e. The van der Waals surface area contributed by atoms with Crippen molar-refractivity contribution in [2.24, 2.45) is 0 Å². The van der Waals surface area contributed by atoms with Crippen molar-refractivity contribution in [2.75, 3.05) is 20.3 Å². The van der Waals surface area contributed by atoms with Crippen molar-refractivity contribution >= 4 is 17.5 Å². The fourth-order valence-corrected chi connectivity index (χ4v) is 2.36. The lowest BCUT2D eigenvalue weighted by atomic mass is 10.1. The lowest BCUT2D eigenvalue weighted by Gasteiger charge is -2.13. The third-order valence-corrected chi connectivity index (χ3v) is 3.64. The van der Waals surface area contributed by atoms with Crippen molar-refractivity contribution in [2.45, 2.75) is 12.5 Å². The lowest BCUT2D eigenvalue weighted by Crippen LogP contribution is -2.30. The van der Waals surface area contributed by atoms with E-state index in [1.807, 2.05) is 6.07 Å². The molecule has 0 unspecified atom stereocenters. The van der Waals surface area contributed by atoms with Gasteiger partial charge in [-0.15, -0.1) is 0 Å². The first-order chi connectivity index (χ1) is 11.6. The van der Waals surface area contributed by atoms with Crippen LogP contribution in [0.1, 0.15) is 18.1 Å². The number of benzene rings is 2. The summed E-state index contributed by atoms with van der Waals surface area (Å²) in [7, 11) is 1.54. The van der Waals surface area contributed by atoms with Crippen molar-refractivity contribution in [3.8, 4) is 11.5 Å². The van der Waals surface area contributed by atoms with Gasteiger partial charge < -0.3 is 19.9 Å². The number of nitrogens with one attached hydrogen (secondary N) is 1. The molecule has 0 heterocycles. The zero-order valence-electron chi connectivity index (χ0n) is 13.4. The van der Waals surface area contributed by atoms with Crippen LogP contribution in [0.3, 0.4) is 0 Å². The second-order valence-corrected chi connectivity index (χ2v) is 5.59. The summed E-state index contributed by atoms with van der Waals surface area (Å²) in [4.78, 5) is 11.8. The maximum atomic E-state index is 11.8. The molecular formula is C18H20ClNO4. The van der Waals surface area contributed by atoms with Crippen LogP contribution in [-0.2, 0) is 4.79 Å². The van der Waals surface area contributed by atoms with Crippen LogP contribution in [0.25, 0.3) is 0 Å². The summed E-state index contributed by atoms with van der Waals surface area (Å²) in [6, 6.07) is 14.1. The number of aliphatic hydroxyl groups is 1. The molecule has 0 aliphatic heterocycles. The second-order valence-electron chi connectivity index (χ2n) is 5.15. The van der Waals surface area contributed by atoms with E-state index in [9.17, 15) is 9.90 Å². The summed E-state index contributed by atoms with van der Waals surface area (Å²) in [6.07, 6.45) is -0.292. The normalized spacial score (nSPS) is 11.6. The summed E-state index contributed by atoms with van der Waals surface area (Å²) in [5.41, 5.74) is 0.724. The summed E-state index contributed by atoms with van der Waals surface area (Å²) < 4.78 is 10.6. The summed E-state index contributed by atoms with van der Waals surface area (Å²) >= 11 is 5.89. The van der Waals surface area contributed by atoms with Gasteiger partial charge in [-0.25, -0.2) is 0 Å². The molecule has 0 saturated carbocycles. The zero-order valence-corrected chi connectivity index (χ0v) is 14.1. The molecule has 128 valence electrons. The number of hydrogen-bond acceptors (Lipinski definition) is 4. The van der Waals surface area contributed by atoms with E-state index in [1.54, 1.807) is 49.6 Å². The van der Waals surface area contributed by atoms with Crippen molar-refractivity contribution in [1.82, 2.24) is 5.32 Å². The molecule has 5 nitrogen and oxygen atoms in total. The number of carbonyl (C=O) groups is 1. The molecule has 0 aliphatic rings. The number of aliphatic hydroxyl groups excluding tert-OH is 1. The lowest BCUT2D eigenvalue weighted by molar-refractivity contribution is -0.123. The predicted octanol–water partition coefficient (Wildman–Crippen LogP) is 2.97. The van der Waals surface area contributed by atoms with Gasteiger partial charge in [-0.1, -0.05) is 35.9 Å². The number of para-hydroxylation sites is 2. The molecule has 2 aromatic carbocycles. The Labute approximate surface area is 146 Å². The number of amides is 1. The Hall–Kier alpha value is -2.24. The van der Waals surface area contributed by atoms with Crippen LogP contribution in [0.4, 0.5) is 0 Å². The fraction of sp³-hybridized carbons (Fsp3) is 0.278. The summed E-state index contributed by atoms with van der Waals surface area (Å²) in [5.74, 6) is 0.815. The summed E-state index contributed by atoms with van der Waals surface area (Å²) in [5, 5.41) is 13.4. The molecule has 0 saturated heterocycles. The molecule has 0 aliphatic carbocycles. The Bertz CT molecular complexity index is 678. The maximum Gasteiger partial charge on any atom is 0.257 e. The molecule has 2 aromatic rings. The average Bonchev–Trinajstić information content (AvgIpc) is 2.60. The molecular weight excluding hydrogens is 330 g/mol. The molecule has 1 atom stereocenters. The average molecular weight is 350 g/mol. The number of methoxy groups -OCH3 is 1. The number of carbonyl (C=O) groups excluding carboxylic acids is 1. The number of ether oxygens (including phenoxy) is 2. The van der Waals surface area contributed by atoms with Gasteiger partial charge >= 0.3 is 0 Å². The number of halogens is 1. The van der Waals surface area contributed by atoms with E-state index >= 15 is 0 Å². The minimum absolute atomic E-state index is 0.117. The minimum atomic E-state index is -0.681. The largest absolute Gasteiger partial charge is 0.493 e. The molecule has 24 heavy (non-hydrogen) atoms. The Morgan fingerprint density at radius 3 is 2.67 bits per heavy atom. The van der Waals surface area contributed by atoms with E-state index in [4.69, 9.17) is 21.1 Å². The van der Waals surface area contributed by atoms with E-state index in [0.29, 0.717) is 29.5 Å². The highest BCUT2D eigenvalue weighted by Crippen LogP contribution is 2.25. The molecule has 0 aromatic heterocycles. The van der Waals surface area contributed by atoms with Gasteiger partial charge in [0.05, 0.1) is 13.2 Å². The summed E-state index contributed by atoms with van der Waals surface area (Å²) in [6.45, 7) is 0.218. The third kappa shape index (κ3) is 5.44. The molecule has 0 bridgehead atoms. The standard InChI is InChI=1S/C18H20ClNO4/c1-23-16-7-2-3-8-17(16)24-12-18(22)20-10-9-15(21)13-5-4-6-14(19)11-13/h2-8,11,15,21H,9-10,12H2,1H3,(H,20,22)/t15-/m1/s1. The van der Waals surface area contributed by atoms with Gasteiger partial charge in [-0.2, -0.15) is 0 Å². The quantitative estimate of drug-likeness (QED) is 0.769. The SMILES string of the molecule is COc1ccccc1OCC(=O)NCC[C@@H](O)c1cccc(Cl)c1. The molecule has 0 spiro atoms. The second kappa shape index (κ2) is 9.15. The molecule has 1 amide bonds. The van der Waals surface area contributed by atoms with Crippen molar-refractivity contribution < 1.29 is 19.4 Å². The molecule has 0 radical (unpaired) electrons. The van der Waals surface area contributed by atoms with Crippen LogP contribution >= 0.6 is 11.6 Å². The highest BCUT2D eigenvalue weighted by Gasteiger charge is 2.10. The van der Waals surface area contributed by atoms with Gasteiger partial charge in [-0.05, 0) is 36.2 Å². The number of hydrogen-bond donors (Lipinski definition) is 2. The third-order valence-electron chi connectivity index (χ3n) is 3.40. The van der Waals surface area contributed by atoms with Gasteiger partial charge in [0.25, 0.3) is 5.91 Å². The molecule has 0 fully saturated rings. The molecule has 2 rings (SSSR count). The highest BCUT2D eigenvalue weighted by molar-refractivity contribution is 6.30. The smallest absolute Gasteiger partial charge is 0.257 e.